The van der Waals surface area contributed by atoms with E-state index in [2.05, 4.69) is 165 Å². The number of fused-ring (bicyclic) bond motifs is 9. The summed E-state index contributed by atoms with van der Waals surface area (Å²) in [5.41, 5.74) is 7.06. The molecule has 15 heterocycles. The Morgan fingerprint density at radius 1 is 0.325 bits per heavy atom. The Morgan fingerprint density at radius 2 is 0.575 bits per heavy atom. The van der Waals surface area contributed by atoms with Crippen LogP contribution in [0.3, 0.4) is 0 Å². The highest BCUT2D eigenvalue weighted by Gasteiger charge is 2.43. The van der Waals surface area contributed by atoms with E-state index in [-0.39, 0.29) is 87.7 Å². The van der Waals surface area contributed by atoms with Gasteiger partial charge in [-0.15, -0.1) is 0 Å². The molecule has 3 aromatic carbocycles. The van der Waals surface area contributed by atoms with Crippen LogP contribution in [0.5, 0.6) is 0 Å². The second-order valence-electron chi connectivity index (χ2n) is 33.9. The fourth-order valence-corrected chi connectivity index (χ4v) is 19.8. The number of likely N-dealkylation sites (tertiary alicyclic amines) is 3. The fraction of sp³-hybridized carbons (Fsp3) is 0.467. The highest BCUT2D eigenvalue weighted by atomic mass is 19.1. The van der Waals surface area contributed by atoms with Crippen LogP contribution in [-0.4, -0.2) is 198 Å². The van der Waals surface area contributed by atoms with Gasteiger partial charge in [-0.05, 0) is 213 Å². The average molecular weight is 1640 g/mol. The molecule has 18 rings (SSSR count). The molecule has 0 saturated carbocycles. The van der Waals surface area contributed by atoms with Crippen molar-refractivity contribution < 1.29 is 26.3 Å². The Labute approximate surface area is 696 Å². The second kappa shape index (κ2) is 34.6. The van der Waals surface area contributed by atoms with E-state index in [4.69, 9.17) is 0 Å². The Kier molecular flexibility index (Phi) is 23.9. The monoisotopic (exact) mass is 1640 g/mol. The number of rotatable bonds is 21. The molecule has 12 aromatic rings. The summed E-state index contributed by atoms with van der Waals surface area (Å²) in [6.07, 6.45) is 16.6. The van der Waals surface area contributed by atoms with Gasteiger partial charge in [-0.2, -0.15) is 0 Å². The molecule has 630 valence electrons. The Balaban J connectivity index is 0.000000134. The number of aryl methyl sites for hydroxylation is 3. The van der Waals surface area contributed by atoms with Crippen molar-refractivity contribution in [3.8, 4) is 33.8 Å². The number of anilines is 6. The van der Waals surface area contributed by atoms with E-state index in [9.17, 15) is 13.2 Å². The van der Waals surface area contributed by atoms with Gasteiger partial charge in [-0.1, -0.05) is 39.0 Å². The lowest BCUT2D eigenvalue weighted by Crippen LogP contribution is -2.53. The number of benzene rings is 3. The van der Waals surface area contributed by atoms with Crippen LogP contribution in [-0.2, 0) is 0 Å². The van der Waals surface area contributed by atoms with Crippen LogP contribution in [0.15, 0.2) is 110 Å². The summed E-state index contributed by atoms with van der Waals surface area (Å²) in [6.45, 7) is 40.9. The molecule has 24 nitrogen and oxygen atoms in total. The van der Waals surface area contributed by atoms with E-state index >= 15 is 13.2 Å². The first kappa shape index (κ1) is 83.2. The molecule has 0 aliphatic carbocycles. The number of likely N-dealkylation sites (N-methyl/N-ethyl adjacent to an activating group) is 3. The van der Waals surface area contributed by atoms with Crippen LogP contribution in [0.1, 0.15) is 192 Å². The molecule has 120 heavy (non-hydrogen) atoms. The second-order valence-corrected chi connectivity index (χ2v) is 33.9. The van der Waals surface area contributed by atoms with Crippen molar-refractivity contribution in [1.29, 1.82) is 0 Å². The van der Waals surface area contributed by atoms with Gasteiger partial charge in [0.2, 0.25) is 17.8 Å². The van der Waals surface area contributed by atoms with Crippen molar-refractivity contribution in [3.05, 3.63) is 179 Å². The first-order valence-electron chi connectivity index (χ1n) is 42.5. The zero-order chi connectivity index (χ0) is 84.4. The van der Waals surface area contributed by atoms with Gasteiger partial charge in [-0.25, -0.2) is 86.2 Å². The van der Waals surface area contributed by atoms with Crippen LogP contribution in [0, 0.1) is 55.7 Å². The topological polar surface area (TPSA) is 225 Å². The normalized spacial score (nSPS) is 20.5. The summed E-state index contributed by atoms with van der Waals surface area (Å²) in [4.78, 5) is 68.0. The van der Waals surface area contributed by atoms with Gasteiger partial charge in [0, 0.05) is 147 Å². The van der Waals surface area contributed by atoms with Crippen LogP contribution < -0.4 is 16.0 Å². The van der Waals surface area contributed by atoms with E-state index in [1.807, 2.05) is 113 Å². The summed E-state index contributed by atoms with van der Waals surface area (Å²) in [7, 11) is 0. The molecule has 30 heteroatoms. The zero-order valence-electron chi connectivity index (χ0n) is 71.1. The summed E-state index contributed by atoms with van der Waals surface area (Å²) in [6, 6.07) is 25.8. The van der Waals surface area contributed by atoms with E-state index in [1.54, 1.807) is 18.2 Å². The van der Waals surface area contributed by atoms with Gasteiger partial charge in [0.1, 0.15) is 68.6 Å². The third-order valence-corrected chi connectivity index (χ3v) is 25.6. The number of hydrogen-bond acceptors (Lipinski definition) is 21. The number of nitrogens with one attached hydrogen (secondary N) is 3. The minimum absolute atomic E-state index is 0.0125. The number of aromatic nitrogens is 15. The van der Waals surface area contributed by atoms with Crippen molar-refractivity contribution in [2.75, 3.05) is 74.9 Å². The molecule has 7 unspecified atom stereocenters. The number of halogens is 6. The smallest absolute Gasteiger partial charge is 0.229 e. The maximum Gasteiger partial charge on any atom is 0.229 e. The van der Waals surface area contributed by atoms with Crippen molar-refractivity contribution >= 4 is 68.4 Å². The molecule has 6 aliphatic rings. The van der Waals surface area contributed by atoms with Gasteiger partial charge in [0.15, 0.2) is 34.9 Å². The predicted octanol–water partition coefficient (Wildman–Crippen LogP) is 18.1. The van der Waals surface area contributed by atoms with Crippen molar-refractivity contribution in [1.82, 2.24) is 103 Å². The van der Waals surface area contributed by atoms with E-state index in [1.165, 1.54) is 56.7 Å². The summed E-state index contributed by atoms with van der Waals surface area (Å²) < 4.78 is 95.5. The minimum atomic E-state index is -0.633. The number of nitrogens with zero attached hydrogens (tertiary/aromatic N) is 21. The Hall–Kier alpha value is -10.5. The molecule has 0 radical (unpaired) electrons. The SMILES string of the molecule is CCN1C2CCC1CN(C(C)c1ccc(Nc3ncc(F)c(-c4cc(F)c5nc(C)n(C(C)C)c5c4)n3)nc1)C2.CCN1C2CCC1CN([C@@H](C)c1ccc(Nc3ncc(F)c(-c4cc(F)c5nc(C)n(C(C)C)c5c4)n3)nc1)C2.CCN1C2CCC1CN([C@H](C)c1ccc(Nc3ncc(F)c(-c4cc(F)c5nc(C)n(C(C)C)c5c4)n3)nc1)C2. The predicted molar refractivity (Wildman–Crippen MR) is 457 cm³/mol. The lowest BCUT2D eigenvalue weighted by atomic mass is 10.1. The van der Waals surface area contributed by atoms with Gasteiger partial charge in [-0.3, -0.25) is 29.4 Å². The molecular formula is C90H108F6N24. The molecule has 0 spiro atoms. The Bertz CT molecular complexity index is 5110. The van der Waals surface area contributed by atoms with Crippen LogP contribution >= 0.6 is 0 Å². The fourth-order valence-electron chi connectivity index (χ4n) is 19.8. The van der Waals surface area contributed by atoms with E-state index in [0.717, 1.165) is 94.2 Å². The first-order valence-corrected chi connectivity index (χ1v) is 42.5. The maximum atomic E-state index is 15.0. The molecule has 9 atom stereocenters. The Morgan fingerprint density at radius 3 is 0.792 bits per heavy atom. The summed E-state index contributed by atoms with van der Waals surface area (Å²) in [5.74, 6) is 0.876. The maximum absolute atomic E-state index is 15.0. The highest BCUT2D eigenvalue weighted by molar-refractivity contribution is 5.85. The molecular weight excluding hydrogens is 1530 g/mol. The molecule has 9 aromatic heterocycles. The number of imidazole rings is 3. The standard InChI is InChI=1S/3C30H36F2N8/c3*1-6-39-22-8-9-23(39)16-38(15-22)18(4)20-7-10-27(33-13-20)36-30-34-14-25(32)28(37-30)21-11-24(31)29-26(12-21)40(17(2)3)19(5)35-29/h3*7,10-14,17-18,22-23H,6,8-9,15-16H2,1-5H3,(H,33,34,36,37)/t2*18-,22?,23?;/m10./s1. The third-order valence-electron chi connectivity index (χ3n) is 25.6. The van der Waals surface area contributed by atoms with Crippen LogP contribution in [0.25, 0.3) is 66.9 Å². The first-order chi connectivity index (χ1) is 57.7. The largest absolute Gasteiger partial charge is 0.326 e. The number of piperazine rings is 3. The third kappa shape index (κ3) is 16.5. The van der Waals surface area contributed by atoms with Gasteiger partial charge in [0.25, 0.3) is 0 Å². The quantitative estimate of drug-likeness (QED) is 0.0569. The van der Waals surface area contributed by atoms with E-state index in [0.29, 0.717) is 104 Å². The minimum Gasteiger partial charge on any atom is -0.326 e. The van der Waals surface area contributed by atoms with Gasteiger partial charge < -0.3 is 29.7 Å². The van der Waals surface area contributed by atoms with Crippen molar-refractivity contribution in [3.63, 3.8) is 0 Å². The molecule has 6 aliphatic heterocycles. The van der Waals surface area contributed by atoms with Gasteiger partial charge in [0.05, 0.1) is 35.1 Å². The molecule has 0 amide bonds. The van der Waals surface area contributed by atoms with E-state index < -0.39 is 34.9 Å². The molecule has 3 N–H and O–H groups in total. The molecule has 6 fully saturated rings. The lowest BCUT2D eigenvalue weighted by Gasteiger charge is -2.43. The van der Waals surface area contributed by atoms with Crippen molar-refractivity contribution in [2.24, 2.45) is 0 Å². The van der Waals surface area contributed by atoms with Crippen LogP contribution in [0.2, 0.25) is 0 Å². The number of hydrogen-bond donors (Lipinski definition) is 3. The summed E-state index contributed by atoms with van der Waals surface area (Å²) >= 11 is 0. The summed E-state index contributed by atoms with van der Waals surface area (Å²) in [5, 5.41) is 9.24. The van der Waals surface area contributed by atoms with Crippen LogP contribution in [0.4, 0.5) is 61.6 Å². The zero-order valence-corrected chi connectivity index (χ0v) is 71.1. The average Bonchev–Trinajstić information content (AvgIpc) is 1.56. The highest BCUT2D eigenvalue weighted by Crippen LogP contribution is 2.41. The van der Waals surface area contributed by atoms with Gasteiger partial charge >= 0.3 is 0 Å². The lowest BCUT2D eigenvalue weighted by molar-refractivity contribution is 0.0485. The number of pyridine rings is 3. The van der Waals surface area contributed by atoms with Crippen molar-refractivity contribution in [2.45, 2.75) is 215 Å². The molecule has 6 bridgehead atoms. The molecule has 6 saturated heterocycles.